The van der Waals surface area contributed by atoms with Gasteiger partial charge in [-0.05, 0) is 55.7 Å². The summed E-state index contributed by atoms with van der Waals surface area (Å²) >= 11 is 1.86. The maximum Gasteiger partial charge on any atom is 0.0302 e. The molecule has 1 aliphatic rings. The quantitative estimate of drug-likeness (QED) is 0.690. The Kier molecular flexibility index (Phi) is 5.67. The molecule has 1 aromatic heterocycles. The van der Waals surface area contributed by atoms with Gasteiger partial charge in [0.15, 0.2) is 0 Å². The number of thiophene rings is 1. The number of rotatable bonds is 9. The fourth-order valence-corrected chi connectivity index (χ4v) is 3.18. The third kappa shape index (κ3) is 4.71. The van der Waals surface area contributed by atoms with E-state index in [-0.39, 0.29) is 0 Å². The Hall–Kier alpha value is -0.380. The van der Waals surface area contributed by atoms with E-state index < -0.39 is 0 Å². The number of nitrogens with zero attached hydrogens (tertiary/aromatic N) is 1. The summed E-state index contributed by atoms with van der Waals surface area (Å²) in [5, 5.41) is 5.76. The van der Waals surface area contributed by atoms with Gasteiger partial charge >= 0.3 is 0 Å². The van der Waals surface area contributed by atoms with Crippen molar-refractivity contribution in [3.05, 3.63) is 21.9 Å². The van der Waals surface area contributed by atoms with Crippen LogP contribution in [0.25, 0.3) is 0 Å². The van der Waals surface area contributed by atoms with Crippen molar-refractivity contribution >= 4 is 11.3 Å². The lowest BCUT2D eigenvalue weighted by atomic mass is 10.3. The van der Waals surface area contributed by atoms with Crippen molar-refractivity contribution in [3.8, 4) is 0 Å². The molecule has 1 saturated carbocycles. The molecule has 0 saturated heterocycles. The van der Waals surface area contributed by atoms with Gasteiger partial charge in [-0.1, -0.05) is 6.92 Å². The second-order valence-electron chi connectivity index (χ2n) is 5.45. The molecular weight excluding hydrogens is 240 g/mol. The van der Waals surface area contributed by atoms with Crippen molar-refractivity contribution in [2.75, 3.05) is 26.2 Å². The standard InChI is InChI=1S/C15H26N2S/c1-3-8-17(12-14-4-5-14)9-7-16-11-15-13(2)6-10-18-15/h6,10,14,16H,3-5,7-9,11-12H2,1-2H3. The highest BCUT2D eigenvalue weighted by atomic mass is 32.1. The van der Waals surface area contributed by atoms with Gasteiger partial charge in [0.1, 0.15) is 0 Å². The Morgan fingerprint density at radius 2 is 2.22 bits per heavy atom. The van der Waals surface area contributed by atoms with Gasteiger partial charge in [-0.3, -0.25) is 0 Å². The van der Waals surface area contributed by atoms with E-state index in [0.717, 1.165) is 19.0 Å². The molecule has 1 heterocycles. The number of aryl methyl sites for hydroxylation is 1. The largest absolute Gasteiger partial charge is 0.311 e. The average Bonchev–Trinajstić information content (AvgIpc) is 3.07. The van der Waals surface area contributed by atoms with Gasteiger partial charge in [-0.25, -0.2) is 0 Å². The zero-order chi connectivity index (χ0) is 12.8. The van der Waals surface area contributed by atoms with Crippen LogP contribution in [0.4, 0.5) is 0 Å². The molecule has 0 unspecified atom stereocenters. The summed E-state index contributed by atoms with van der Waals surface area (Å²) in [6, 6.07) is 2.21. The van der Waals surface area contributed by atoms with Crippen molar-refractivity contribution in [3.63, 3.8) is 0 Å². The van der Waals surface area contributed by atoms with Gasteiger partial charge in [0.2, 0.25) is 0 Å². The second kappa shape index (κ2) is 7.27. The molecule has 1 aliphatic carbocycles. The lowest BCUT2D eigenvalue weighted by Crippen LogP contribution is -2.34. The van der Waals surface area contributed by atoms with Gasteiger partial charge in [0.05, 0.1) is 0 Å². The van der Waals surface area contributed by atoms with Crippen molar-refractivity contribution in [2.45, 2.75) is 39.7 Å². The minimum Gasteiger partial charge on any atom is -0.311 e. The van der Waals surface area contributed by atoms with Gasteiger partial charge in [-0.15, -0.1) is 11.3 Å². The van der Waals surface area contributed by atoms with Crippen molar-refractivity contribution in [1.82, 2.24) is 10.2 Å². The van der Waals surface area contributed by atoms with E-state index in [2.05, 4.69) is 35.5 Å². The van der Waals surface area contributed by atoms with Gasteiger partial charge < -0.3 is 10.2 Å². The number of hydrogen-bond acceptors (Lipinski definition) is 3. The number of hydrogen-bond donors (Lipinski definition) is 1. The first-order valence-electron chi connectivity index (χ1n) is 7.25. The fraction of sp³-hybridized carbons (Fsp3) is 0.733. The van der Waals surface area contributed by atoms with Crippen LogP contribution in [0.1, 0.15) is 36.6 Å². The van der Waals surface area contributed by atoms with Crippen molar-refractivity contribution in [2.24, 2.45) is 5.92 Å². The molecular formula is C15H26N2S. The molecule has 0 aliphatic heterocycles. The van der Waals surface area contributed by atoms with Crippen LogP contribution >= 0.6 is 11.3 Å². The highest BCUT2D eigenvalue weighted by molar-refractivity contribution is 7.10. The molecule has 0 amide bonds. The van der Waals surface area contributed by atoms with Crippen LogP contribution in [-0.4, -0.2) is 31.1 Å². The third-order valence-electron chi connectivity index (χ3n) is 3.61. The Labute approximate surface area is 115 Å². The van der Waals surface area contributed by atoms with E-state index in [1.165, 1.54) is 49.3 Å². The summed E-state index contributed by atoms with van der Waals surface area (Å²) in [5.41, 5.74) is 1.43. The molecule has 2 nitrogen and oxygen atoms in total. The predicted octanol–water partition coefficient (Wildman–Crippen LogP) is 3.27. The van der Waals surface area contributed by atoms with Gasteiger partial charge in [0.25, 0.3) is 0 Å². The first-order chi connectivity index (χ1) is 8.79. The summed E-state index contributed by atoms with van der Waals surface area (Å²) in [5.74, 6) is 1.01. The summed E-state index contributed by atoms with van der Waals surface area (Å²) in [6.45, 7) is 10.4. The van der Waals surface area contributed by atoms with Crippen LogP contribution in [0.5, 0.6) is 0 Å². The number of nitrogens with one attached hydrogen (secondary N) is 1. The fourth-order valence-electron chi connectivity index (χ4n) is 2.30. The zero-order valence-corrected chi connectivity index (χ0v) is 12.6. The molecule has 0 atom stereocenters. The average molecular weight is 266 g/mol. The molecule has 1 N–H and O–H groups in total. The van der Waals surface area contributed by atoms with Crippen LogP contribution < -0.4 is 5.32 Å². The summed E-state index contributed by atoms with van der Waals surface area (Å²) in [6.07, 6.45) is 4.20. The zero-order valence-electron chi connectivity index (χ0n) is 11.7. The molecule has 0 spiro atoms. The van der Waals surface area contributed by atoms with Crippen LogP contribution in [0, 0.1) is 12.8 Å². The monoisotopic (exact) mass is 266 g/mol. The van der Waals surface area contributed by atoms with Crippen LogP contribution in [0.3, 0.4) is 0 Å². The van der Waals surface area contributed by atoms with E-state index in [0.29, 0.717) is 0 Å². The first kappa shape index (κ1) is 14.0. The molecule has 0 bridgehead atoms. The van der Waals surface area contributed by atoms with Gasteiger partial charge in [-0.2, -0.15) is 0 Å². The van der Waals surface area contributed by atoms with E-state index in [4.69, 9.17) is 0 Å². The molecule has 2 rings (SSSR count). The second-order valence-corrected chi connectivity index (χ2v) is 6.45. The molecule has 0 radical (unpaired) electrons. The molecule has 18 heavy (non-hydrogen) atoms. The predicted molar refractivity (Wildman–Crippen MR) is 80.2 cm³/mol. The van der Waals surface area contributed by atoms with Gasteiger partial charge in [0, 0.05) is 31.1 Å². The molecule has 0 aromatic carbocycles. The van der Waals surface area contributed by atoms with E-state index >= 15 is 0 Å². The Morgan fingerprint density at radius 3 is 2.83 bits per heavy atom. The van der Waals surface area contributed by atoms with Crippen LogP contribution in [0.15, 0.2) is 11.4 Å². The summed E-state index contributed by atoms with van der Waals surface area (Å²) < 4.78 is 0. The minimum atomic E-state index is 1.01. The molecule has 1 fully saturated rings. The van der Waals surface area contributed by atoms with E-state index in [1.807, 2.05) is 11.3 Å². The maximum atomic E-state index is 3.58. The highest BCUT2D eigenvalue weighted by Gasteiger charge is 2.23. The Morgan fingerprint density at radius 1 is 1.39 bits per heavy atom. The SMILES string of the molecule is CCCN(CCNCc1sccc1C)CC1CC1. The van der Waals surface area contributed by atoms with Crippen molar-refractivity contribution in [1.29, 1.82) is 0 Å². The molecule has 102 valence electrons. The minimum absolute atomic E-state index is 1.01. The lowest BCUT2D eigenvalue weighted by molar-refractivity contribution is 0.263. The molecule has 1 aromatic rings. The maximum absolute atomic E-state index is 3.58. The first-order valence-corrected chi connectivity index (χ1v) is 8.13. The smallest absolute Gasteiger partial charge is 0.0302 e. The van der Waals surface area contributed by atoms with Crippen LogP contribution in [-0.2, 0) is 6.54 Å². The highest BCUT2D eigenvalue weighted by Crippen LogP contribution is 2.29. The summed E-state index contributed by atoms with van der Waals surface area (Å²) in [7, 11) is 0. The molecule has 3 heteroatoms. The Balaban J connectivity index is 1.61. The third-order valence-corrected chi connectivity index (χ3v) is 4.63. The summed E-state index contributed by atoms with van der Waals surface area (Å²) in [4.78, 5) is 4.12. The van der Waals surface area contributed by atoms with E-state index in [1.54, 1.807) is 0 Å². The Bertz CT molecular complexity index is 344. The van der Waals surface area contributed by atoms with Crippen molar-refractivity contribution < 1.29 is 0 Å². The lowest BCUT2D eigenvalue weighted by Gasteiger charge is -2.21. The van der Waals surface area contributed by atoms with Crippen LogP contribution in [0.2, 0.25) is 0 Å². The topological polar surface area (TPSA) is 15.3 Å². The normalized spacial score (nSPS) is 15.5. The van der Waals surface area contributed by atoms with E-state index in [9.17, 15) is 0 Å².